The summed E-state index contributed by atoms with van der Waals surface area (Å²) in [6, 6.07) is 8.85. The van der Waals surface area contributed by atoms with Gasteiger partial charge in [-0.1, -0.05) is 19.8 Å². The smallest absolute Gasteiger partial charge is 0.0701 e. The van der Waals surface area contributed by atoms with Gasteiger partial charge in [0.1, 0.15) is 0 Å². The molecular formula is C16H19Br2S2. The van der Waals surface area contributed by atoms with Crippen LogP contribution in [0.25, 0.3) is 0 Å². The summed E-state index contributed by atoms with van der Waals surface area (Å²) in [4.78, 5) is 2.99. The molecule has 0 aliphatic rings. The van der Waals surface area contributed by atoms with Gasteiger partial charge in [0.2, 0.25) is 0 Å². The van der Waals surface area contributed by atoms with Crippen LogP contribution < -0.4 is 0 Å². The van der Waals surface area contributed by atoms with E-state index in [1.54, 1.807) is 0 Å². The van der Waals surface area contributed by atoms with Gasteiger partial charge in [-0.2, -0.15) is 0 Å². The van der Waals surface area contributed by atoms with Crippen LogP contribution in [0.15, 0.2) is 31.8 Å². The van der Waals surface area contributed by atoms with Crippen molar-refractivity contribution in [3.63, 3.8) is 0 Å². The van der Waals surface area contributed by atoms with Gasteiger partial charge in [0.25, 0.3) is 0 Å². The fourth-order valence-corrected chi connectivity index (χ4v) is 5.32. The van der Waals surface area contributed by atoms with Crippen LogP contribution in [0.3, 0.4) is 0 Å². The maximum Gasteiger partial charge on any atom is 0.0701 e. The molecule has 2 aromatic heterocycles. The number of hydrogen-bond donors (Lipinski definition) is 0. The van der Waals surface area contributed by atoms with Gasteiger partial charge in [0.15, 0.2) is 0 Å². The van der Waals surface area contributed by atoms with Gasteiger partial charge >= 0.3 is 0 Å². The van der Waals surface area contributed by atoms with E-state index >= 15 is 0 Å². The highest BCUT2D eigenvalue weighted by molar-refractivity contribution is 9.11. The molecular weight excluding hydrogens is 416 g/mol. The molecule has 2 rings (SSSR count). The number of thiophene rings is 2. The molecule has 0 aliphatic carbocycles. The number of halogens is 2. The molecule has 1 atom stereocenters. The average molecular weight is 435 g/mol. The lowest BCUT2D eigenvalue weighted by Gasteiger charge is -2.14. The number of rotatable bonds is 8. The standard InChI is InChI=1S/C16H19Br2S2/c1-2-3-4-5-12(14-9-11-16(18)20-14)6-7-13-8-10-15(17)19-13/h4,8-12H,2-3,5-7H2,1H3. The Morgan fingerprint density at radius 3 is 2.45 bits per heavy atom. The predicted molar refractivity (Wildman–Crippen MR) is 98.9 cm³/mol. The Bertz CT molecular complexity index is 516. The predicted octanol–water partition coefficient (Wildman–Crippen LogP) is 7.45. The SMILES string of the molecule is CCC[CH]CC(CCc1ccc(Br)s1)c1ccc(Br)s1. The first-order valence-corrected chi connectivity index (χ1v) is 10.2. The van der Waals surface area contributed by atoms with Gasteiger partial charge < -0.3 is 0 Å². The summed E-state index contributed by atoms with van der Waals surface area (Å²) in [6.45, 7) is 2.25. The minimum absolute atomic E-state index is 0.665. The molecule has 0 amide bonds. The number of hydrogen-bond acceptors (Lipinski definition) is 2. The van der Waals surface area contributed by atoms with Crippen molar-refractivity contribution in [2.75, 3.05) is 0 Å². The van der Waals surface area contributed by atoms with Crippen LogP contribution in [-0.4, -0.2) is 0 Å². The largest absolute Gasteiger partial charge is 0.133 e. The number of unbranched alkanes of at least 4 members (excludes halogenated alkanes) is 2. The van der Waals surface area contributed by atoms with Gasteiger partial charge in [-0.3, -0.25) is 0 Å². The van der Waals surface area contributed by atoms with Crippen LogP contribution in [-0.2, 0) is 6.42 Å². The van der Waals surface area contributed by atoms with Gasteiger partial charge in [-0.15, -0.1) is 22.7 Å². The van der Waals surface area contributed by atoms with Gasteiger partial charge in [0, 0.05) is 9.75 Å². The van der Waals surface area contributed by atoms with E-state index in [0.717, 1.165) is 0 Å². The lowest BCUT2D eigenvalue weighted by atomic mass is 9.94. The van der Waals surface area contributed by atoms with E-state index in [1.165, 1.54) is 49.4 Å². The summed E-state index contributed by atoms with van der Waals surface area (Å²) in [5.41, 5.74) is 0. The summed E-state index contributed by atoms with van der Waals surface area (Å²) in [6.07, 6.45) is 8.55. The van der Waals surface area contributed by atoms with Crippen LogP contribution in [0.5, 0.6) is 0 Å². The topological polar surface area (TPSA) is 0 Å². The molecule has 0 aliphatic heterocycles. The molecule has 20 heavy (non-hydrogen) atoms. The van der Waals surface area contributed by atoms with E-state index in [4.69, 9.17) is 0 Å². The Hall–Kier alpha value is 0.360. The van der Waals surface area contributed by atoms with Crippen molar-refractivity contribution >= 4 is 54.5 Å². The van der Waals surface area contributed by atoms with Crippen molar-refractivity contribution in [2.45, 2.75) is 44.9 Å². The molecule has 0 N–H and O–H groups in total. The first-order valence-electron chi connectivity index (χ1n) is 7.00. The van der Waals surface area contributed by atoms with Crippen molar-refractivity contribution in [1.82, 2.24) is 0 Å². The molecule has 2 heterocycles. The lowest BCUT2D eigenvalue weighted by Crippen LogP contribution is -1.99. The first kappa shape index (κ1) is 16.7. The summed E-state index contributed by atoms with van der Waals surface area (Å²) < 4.78 is 2.48. The Kier molecular flexibility index (Phi) is 7.29. The molecule has 1 radical (unpaired) electrons. The third kappa shape index (κ3) is 5.28. The monoisotopic (exact) mass is 433 g/mol. The second-order valence-corrected chi connectivity index (χ2v) is 9.94. The first-order chi connectivity index (χ1) is 9.69. The highest BCUT2D eigenvalue weighted by atomic mass is 79.9. The van der Waals surface area contributed by atoms with Crippen molar-refractivity contribution in [1.29, 1.82) is 0 Å². The zero-order valence-corrected chi connectivity index (χ0v) is 16.4. The third-order valence-corrected chi connectivity index (χ3v) is 6.78. The van der Waals surface area contributed by atoms with Crippen LogP contribution >= 0.6 is 54.5 Å². The Balaban J connectivity index is 1.94. The normalized spacial score (nSPS) is 12.8. The highest BCUT2D eigenvalue weighted by Crippen LogP contribution is 2.35. The summed E-state index contributed by atoms with van der Waals surface area (Å²) >= 11 is 10.9. The molecule has 0 saturated heterocycles. The van der Waals surface area contributed by atoms with Crippen LogP contribution in [0, 0.1) is 6.42 Å². The molecule has 0 spiro atoms. The highest BCUT2D eigenvalue weighted by Gasteiger charge is 2.14. The van der Waals surface area contributed by atoms with Crippen LogP contribution in [0.2, 0.25) is 0 Å². The minimum Gasteiger partial charge on any atom is -0.133 e. The van der Waals surface area contributed by atoms with Crippen molar-refractivity contribution in [3.05, 3.63) is 48.0 Å². The zero-order chi connectivity index (χ0) is 14.4. The van der Waals surface area contributed by atoms with Gasteiger partial charge in [0.05, 0.1) is 7.57 Å². The molecule has 2 aromatic rings. The van der Waals surface area contributed by atoms with Crippen molar-refractivity contribution in [3.8, 4) is 0 Å². The molecule has 109 valence electrons. The molecule has 0 nitrogen and oxygen atoms in total. The van der Waals surface area contributed by atoms with E-state index in [1.807, 2.05) is 22.7 Å². The fourth-order valence-electron chi connectivity index (χ4n) is 2.25. The molecule has 0 bridgehead atoms. The molecule has 0 saturated carbocycles. The van der Waals surface area contributed by atoms with Crippen LogP contribution in [0.4, 0.5) is 0 Å². The second kappa shape index (κ2) is 8.72. The van der Waals surface area contributed by atoms with Crippen molar-refractivity contribution in [2.24, 2.45) is 0 Å². The second-order valence-electron chi connectivity index (χ2n) is 4.90. The van der Waals surface area contributed by atoms with E-state index in [0.29, 0.717) is 5.92 Å². The van der Waals surface area contributed by atoms with E-state index in [-0.39, 0.29) is 0 Å². The molecule has 1 unspecified atom stereocenters. The molecule has 0 fully saturated rings. The van der Waals surface area contributed by atoms with Crippen molar-refractivity contribution < 1.29 is 0 Å². The van der Waals surface area contributed by atoms with Crippen LogP contribution in [0.1, 0.15) is 48.3 Å². The Morgan fingerprint density at radius 2 is 1.85 bits per heavy atom. The Labute approximate surface area is 146 Å². The maximum absolute atomic E-state index is 3.59. The molecule has 0 aromatic carbocycles. The zero-order valence-electron chi connectivity index (χ0n) is 11.6. The fraction of sp³-hybridized carbons (Fsp3) is 0.438. The van der Waals surface area contributed by atoms with Gasteiger partial charge in [-0.05, 0) is 87.7 Å². The number of aryl methyl sites for hydroxylation is 1. The summed E-state index contributed by atoms with van der Waals surface area (Å²) in [5.74, 6) is 0.665. The van der Waals surface area contributed by atoms with Gasteiger partial charge in [-0.25, -0.2) is 0 Å². The Morgan fingerprint density at radius 1 is 1.10 bits per heavy atom. The minimum atomic E-state index is 0.665. The third-order valence-electron chi connectivity index (χ3n) is 3.31. The molecule has 4 heteroatoms. The maximum atomic E-state index is 3.59. The van der Waals surface area contributed by atoms with E-state index in [2.05, 4.69) is 69.5 Å². The van der Waals surface area contributed by atoms with E-state index in [9.17, 15) is 0 Å². The average Bonchev–Trinajstić information content (AvgIpc) is 3.03. The van der Waals surface area contributed by atoms with E-state index < -0.39 is 0 Å². The quantitative estimate of drug-likeness (QED) is 0.378. The summed E-state index contributed by atoms with van der Waals surface area (Å²) in [7, 11) is 0. The summed E-state index contributed by atoms with van der Waals surface area (Å²) in [5, 5.41) is 0. The lowest BCUT2D eigenvalue weighted by molar-refractivity contribution is 0.612.